The van der Waals surface area contributed by atoms with Crippen molar-refractivity contribution in [1.29, 1.82) is 0 Å². The highest BCUT2D eigenvalue weighted by Gasteiger charge is 2.38. The van der Waals surface area contributed by atoms with Gasteiger partial charge in [-0.3, -0.25) is 0 Å². The molecule has 2 unspecified atom stereocenters. The first-order valence-electron chi connectivity index (χ1n) is 9.92. The molecule has 0 bridgehead atoms. The minimum absolute atomic E-state index is 0.0373. The molecule has 134 valence electrons. The van der Waals surface area contributed by atoms with E-state index in [0.717, 1.165) is 6.42 Å². The summed E-state index contributed by atoms with van der Waals surface area (Å²) >= 11 is 0. The Morgan fingerprint density at radius 1 is 0.741 bits per heavy atom. The lowest BCUT2D eigenvalue weighted by Crippen LogP contribution is -2.26. The smallest absolute Gasteiger partial charge is 0.0298 e. The van der Waals surface area contributed by atoms with Crippen LogP contribution in [-0.4, -0.2) is 0 Å². The van der Waals surface area contributed by atoms with Gasteiger partial charge < -0.3 is 0 Å². The summed E-state index contributed by atoms with van der Waals surface area (Å²) in [6, 6.07) is 13.6. The van der Waals surface area contributed by atoms with Gasteiger partial charge >= 0.3 is 0 Å². The molecule has 3 aliphatic rings. The maximum Gasteiger partial charge on any atom is 0.0298 e. The van der Waals surface area contributed by atoms with E-state index in [1.54, 1.807) is 0 Å². The quantitative estimate of drug-likeness (QED) is 0.476. The van der Waals surface area contributed by atoms with Crippen molar-refractivity contribution in [3.63, 3.8) is 0 Å². The van der Waals surface area contributed by atoms with Crippen molar-refractivity contribution in [3.8, 4) is 11.1 Å². The molecule has 27 heavy (non-hydrogen) atoms. The SMILES string of the molecule is CC1=CC(C)(c2ccc3c(c2C2(C)C=CC(C)=C2)Cc2ccccc2-3)C=C1. The molecule has 0 saturated carbocycles. The number of benzene rings is 2. The number of rotatable bonds is 2. The molecule has 0 nitrogen and oxygen atoms in total. The fraction of sp³-hybridized carbons (Fsp3) is 0.259. The summed E-state index contributed by atoms with van der Waals surface area (Å²) in [5.41, 5.74) is 11.4. The van der Waals surface area contributed by atoms with Crippen molar-refractivity contribution in [2.75, 3.05) is 0 Å². The molecular formula is C27H26. The maximum absolute atomic E-state index is 2.44. The fourth-order valence-electron chi connectivity index (χ4n) is 5.35. The van der Waals surface area contributed by atoms with Gasteiger partial charge in [0, 0.05) is 10.8 Å². The van der Waals surface area contributed by atoms with Crippen molar-refractivity contribution >= 4 is 0 Å². The number of allylic oxidation sites excluding steroid dienone is 8. The fourth-order valence-corrected chi connectivity index (χ4v) is 5.35. The van der Waals surface area contributed by atoms with Gasteiger partial charge in [-0.1, -0.05) is 84.0 Å². The normalized spacial score (nSPS) is 27.6. The van der Waals surface area contributed by atoms with Crippen LogP contribution in [0.5, 0.6) is 0 Å². The minimum atomic E-state index is -0.0476. The lowest BCUT2D eigenvalue weighted by atomic mass is 9.70. The van der Waals surface area contributed by atoms with Gasteiger partial charge in [0.25, 0.3) is 0 Å². The van der Waals surface area contributed by atoms with Crippen LogP contribution >= 0.6 is 0 Å². The van der Waals surface area contributed by atoms with Gasteiger partial charge in [0.05, 0.1) is 0 Å². The molecule has 0 N–H and O–H groups in total. The average molecular weight is 351 g/mol. The Balaban J connectivity index is 1.81. The maximum atomic E-state index is 2.44. The Morgan fingerprint density at radius 2 is 1.41 bits per heavy atom. The standard InChI is InChI=1S/C27H26/c1-18-11-13-26(3,16-18)24-10-9-22-21-8-6-5-7-20(21)15-23(22)25(24)27(4)14-12-19(2)17-27/h5-14,16-17H,15H2,1-4H3. The highest BCUT2D eigenvalue weighted by Crippen LogP contribution is 2.49. The molecule has 0 heteroatoms. The van der Waals surface area contributed by atoms with Gasteiger partial charge in [0.2, 0.25) is 0 Å². The average Bonchev–Trinajstić information content (AvgIpc) is 3.30. The molecule has 0 aromatic heterocycles. The summed E-state index contributed by atoms with van der Waals surface area (Å²) in [6.07, 6.45) is 15.2. The summed E-state index contributed by atoms with van der Waals surface area (Å²) in [7, 11) is 0. The van der Waals surface area contributed by atoms with Crippen LogP contribution in [0.15, 0.2) is 84.0 Å². The highest BCUT2D eigenvalue weighted by atomic mass is 14.4. The van der Waals surface area contributed by atoms with E-state index in [-0.39, 0.29) is 10.8 Å². The Kier molecular flexibility index (Phi) is 3.35. The summed E-state index contributed by atoms with van der Waals surface area (Å²) in [5, 5.41) is 0. The molecule has 0 radical (unpaired) electrons. The molecule has 0 spiro atoms. The third-order valence-electron chi connectivity index (χ3n) is 6.55. The largest absolute Gasteiger partial charge is 0.0702 e. The summed E-state index contributed by atoms with van der Waals surface area (Å²) in [5.74, 6) is 0. The van der Waals surface area contributed by atoms with E-state index in [2.05, 4.69) is 101 Å². The van der Waals surface area contributed by atoms with Crippen molar-refractivity contribution in [2.24, 2.45) is 0 Å². The van der Waals surface area contributed by atoms with E-state index in [1.165, 1.54) is 44.5 Å². The molecular weight excluding hydrogens is 324 g/mol. The Labute approximate surface area is 162 Å². The second-order valence-electron chi connectivity index (χ2n) is 8.86. The van der Waals surface area contributed by atoms with Crippen molar-refractivity contribution in [2.45, 2.75) is 44.9 Å². The first kappa shape index (κ1) is 16.6. The van der Waals surface area contributed by atoms with E-state index in [9.17, 15) is 0 Å². The minimum Gasteiger partial charge on any atom is -0.0702 e. The van der Waals surface area contributed by atoms with Crippen LogP contribution in [-0.2, 0) is 17.3 Å². The van der Waals surface area contributed by atoms with Crippen LogP contribution < -0.4 is 0 Å². The van der Waals surface area contributed by atoms with Gasteiger partial charge in [-0.2, -0.15) is 0 Å². The Hall–Kier alpha value is -2.60. The van der Waals surface area contributed by atoms with Crippen LogP contribution in [0.25, 0.3) is 11.1 Å². The molecule has 0 aliphatic heterocycles. The molecule has 2 atom stereocenters. The highest BCUT2D eigenvalue weighted by molar-refractivity contribution is 5.80. The second-order valence-corrected chi connectivity index (χ2v) is 8.86. The van der Waals surface area contributed by atoms with E-state index < -0.39 is 0 Å². The third kappa shape index (κ3) is 2.36. The lowest BCUT2D eigenvalue weighted by Gasteiger charge is -2.33. The lowest BCUT2D eigenvalue weighted by molar-refractivity contribution is 0.687. The van der Waals surface area contributed by atoms with E-state index in [4.69, 9.17) is 0 Å². The van der Waals surface area contributed by atoms with Crippen molar-refractivity contribution in [1.82, 2.24) is 0 Å². The van der Waals surface area contributed by atoms with Crippen LogP contribution in [0.2, 0.25) is 0 Å². The molecule has 5 rings (SSSR count). The predicted molar refractivity (Wildman–Crippen MR) is 115 cm³/mol. The van der Waals surface area contributed by atoms with Gasteiger partial charge in [-0.05, 0) is 67.5 Å². The van der Waals surface area contributed by atoms with Crippen LogP contribution in [0.4, 0.5) is 0 Å². The zero-order chi connectivity index (χ0) is 18.8. The summed E-state index contributed by atoms with van der Waals surface area (Å²) < 4.78 is 0. The van der Waals surface area contributed by atoms with Crippen LogP contribution in [0.1, 0.15) is 49.9 Å². The zero-order valence-electron chi connectivity index (χ0n) is 16.6. The Bertz CT molecular complexity index is 1090. The van der Waals surface area contributed by atoms with Crippen molar-refractivity contribution < 1.29 is 0 Å². The van der Waals surface area contributed by atoms with Crippen LogP contribution in [0, 0.1) is 0 Å². The first-order valence-corrected chi connectivity index (χ1v) is 9.92. The molecule has 3 aliphatic carbocycles. The second kappa shape index (κ2) is 5.45. The molecule has 2 aromatic carbocycles. The van der Waals surface area contributed by atoms with Gasteiger partial charge in [-0.25, -0.2) is 0 Å². The van der Waals surface area contributed by atoms with E-state index >= 15 is 0 Å². The van der Waals surface area contributed by atoms with Gasteiger partial charge in [0.15, 0.2) is 0 Å². The van der Waals surface area contributed by atoms with E-state index in [0.29, 0.717) is 0 Å². The van der Waals surface area contributed by atoms with Crippen molar-refractivity contribution in [3.05, 3.63) is 106 Å². The predicted octanol–water partition coefficient (Wildman–Crippen LogP) is 6.81. The summed E-state index contributed by atoms with van der Waals surface area (Å²) in [6.45, 7) is 9.14. The molecule has 2 aromatic rings. The van der Waals surface area contributed by atoms with Gasteiger partial charge in [0.1, 0.15) is 0 Å². The Morgan fingerprint density at radius 3 is 2.07 bits per heavy atom. The number of hydrogen-bond acceptors (Lipinski definition) is 0. The molecule has 0 heterocycles. The number of hydrogen-bond donors (Lipinski definition) is 0. The topological polar surface area (TPSA) is 0 Å². The van der Waals surface area contributed by atoms with E-state index in [1.807, 2.05) is 0 Å². The molecule has 0 saturated heterocycles. The zero-order valence-corrected chi connectivity index (χ0v) is 16.6. The first-order chi connectivity index (χ1) is 12.9. The molecule has 0 fully saturated rings. The van der Waals surface area contributed by atoms with Crippen LogP contribution in [0.3, 0.4) is 0 Å². The molecule has 0 amide bonds. The number of fused-ring (bicyclic) bond motifs is 3. The summed E-state index contributed by atoms with van der Waals surface area (Å²) in [4.78, 5) is 0. The van der Waals surface area contributed by atoms with Gasteiger partial charge in [-0.15, -0.1) is 0 Å². The third-order valence-corrected chi connectivity index (χ3v) is 6.55. The monoisotopic (exact) mass is 350 g/mol.